The maximum Gasteiger partial charge on any atom is 0.0897 e. The van der Waals surface area contributed by atoms with Crippen LogP contribution in [0, 0.1) is 11.3 Å². The molecule has 18 heavy (non-hydrogen) atoms. The lowest BCUT2D eigenvalue weighted by atomic mass is 9.81. The summed E-state index contributed by atoms with van der Waals surface area (Å²) in [4.78, 5) is 0. The van der Waals surface area contributed by atoms with Crippen LogP contribution < -0.4 is 5.32 Å². The molecule has 110 valence electrons. The van der Waals surface area contributed by atoms with Crippen LogP contribution in [0.15, 0.2) is 0 Å². The largest absolute Gasteiger partial charge is 0.389 e. The van der Waals surface area contributed by atoms with E-state index in [1.807, 2.05) is 6.92 Å². The fourth-order valence-corrected chi connectivity index (χ4v) is 1.31. The van der Waals surface area contributed by atoms with Crippen molar-refractivity contribution >= 4 is 0 Å². The van der Waals surface area contributed by atoms with Crippen LogP contribution in [-0.2, 0) is 9.47 Å². The van der Waals surface area contributed by atoms with Gasteiger partial charge in [-0.05, 0) is 18.3 Å². The molecule has 1 atom stereocenters. The Morgan fingerprint density at radius 2 is 1.78 bits per heavy atom. The molecule has 0 aliphatic carbocycles. The molecule has 0 aliphatic heterocycles. The molecule has 0 radical (unpaired) electrons. The van der Waals surface area contributed by atoms with Crippen LogP contribution in [0.4, 0.5) is 0 Å². The summed E-state index contributed by atoms with van der Waals surface area (Å²) in [6.07, 6.45) is -0.449. The predicted molar refractivity (Wildman–Crippen MR) is 74.8 cm³/mol. The van der Waals surface area contributed by atoms with Crippen molar-refractivity contribution in [3.63, 3.8) is 0 Å². The summed E-state index contributed by atoms with van der Waals surface area (Å²) in [5.74, 6) is 0.615. The van der Waals surface area contributed by atoms with Gasteiger partial charge in [0, 0.05) is 19.7 Å². The molecule has 2 N–H and O–H groups in total. The van der Waals surface area contributed by atoms with E-state index in [0.717, 1.165) is 6.54 Å². The lowest BCUT2D eigenvalue weighted by Gasteiger charge is -2.30. The third-order valence-corrected chi connectivity index (χ3v) is 3.41. The SMILES string of the molecule is CCOCCOCC(O)CNCC(C)(C)C(C)C. The molecule has 0 aromatic carbocycles. The molecule has 0 amide bonds. The van der Waals surface area contributed by atoms with Gasteiger partial charge in [0.2, 0.25) is 0 Å². The molecule has 0 heterocycles. The fourth-order valence-electron chi connectivity index (χ4n) is 1.31. The van der Waals surface area contributed by atoms with Crippen molar-refractivity contribution in [3.8, 4) is 0 Å². The Morgan fingerprint density at radius 1 is 1.17 bits per heavy atom. The second-order valence-corrected chi connectivity index (χ2v) is 5.70. The van der Waals surface area contributed by atoms with Gasteiger partial charge in [-0.1, -0.05) is 27.7 Å². The summed E-state index contributed by atoms with van der Waals surface area (Å²) in [7, 11) is 0. The molecule has 0 saturated heterocycles. The molecule has 4 heteroatoms. The lowest BCUT2D eigenvalue weighted by molar-refractivity contribution is 0.00565. The number of hydrogen-bond donors (Lipinski definition) is 2. The van der Waals surface area contributed by atoms with Gasteiger partial charge in [-0.2, -0.15) is 0 Å². The van der Waals surface area contributed by atoms with Crippen LogP contribution in [0.1, 0.15) is 34.6 Å². The first-order chi connectivity index (χ1) is 8.40. The molecule has 1 unspecified atom stereocenters. The van der Waals surface area contributed by atoms with E-state index in [1.54, 1.807) is 0 Å². The van der Waals surface area contributed by atoms with Gasteiger partial charge in [-0.25, -0.2) is 0 Å². The van der Waals surface area contributed by atoms with E-state index in [-0.39, 0.29) is 5.41 Å². The zero-order chi connectivity index (χ0) is 14.0. The molecular weight excluding hydrogens is 230 g/mol. The molecule has 0 bridgehead atoms. The van der Waals surface area contributed by atoms with Crippen molar-refractivity contribution in [2.45, 2.75) is 40.7 Å². The Labute approximate surface area is 112 Å². The first-order valence-electron chi connectivity index (χ1n) is 6.94. The van der Waals surface area contributed by atoms with E-state index in [4.69, 9.17) is 9.47 Å². The summed E-state index contributed by atoms with van der Waals surface area (Å²) in [6.45, 7) is 14.5. The van der Waals surface area contributed by atoms with Crippen LogP contribution >= 0.6 is 0 Å². The molecule has 0 aromatic heterocycles. The fraction of sp³-hybridized carbons (Fsp3) is 1.00. The summed E-state index contributed by atoms with van der Waals surface area (Å²) in [5.41, 5.74) is 0.246. The second-order valence-electron chi connectivity index (χ2n) is 5.70. The number of rotatable bonds is 11. The van der Waals surface area contributed by atoms with Crippen LogP contribution in [0.3, 0.4) is 0 Å². The van der Waals surface area contributed by atoms with Crippen molar-refractivity contribution in [3.05, 3.63) is 0 Å². The average Bonchev–Trinajstić information content (AvgIpc) is 2.28. The third-order valence-electron chi connectivity index (χ3n) is 3.41. The van der Waals surface area contributed by atoms with E-state index >= 15 is 0 Å². The Hall–Kier alpha value is -0.160. The Bertz CT molecular complexity index is 195. The molecule has 0 fully saturated rings. The van der Waals surface area contributed by atoms with Crippen LogP contribution in [0.5, 0.6) is 0 Å². The minimum atomic E-state index is -0.449. The summed E-state index contributed by atoms with van der Waals surface area (Å²) >= 11 is 0. The highest BCUT2D eigenvalue weighted by molar-refractivity contribution is 4.75. The third kappa shape index (κ3) is 8.86. The van der Waals surface area contributed by atoms with Gasteiger partial charge in [0.1, 0.15) is 0 Å². The minimum absolute atomic E-state index is 0.246. The Morgan fingerprint density at radius 3 is 2.33 bits per heavy atom. The van der Waals surface area contributed by atoms with Crippen LogP contribution in [0.2, 0.25) is 0 Å². The monoisotopic (exact) mass is 261 g/mol. The van der Waals surface area contributed by atoms with Crippen LogP contribution in [0.25, 0.3) is 0 Å². The number of aliphatic hydroxyl groups is 1. The van der Waals surface area contributed by atoms with E-state index < -0.39 is 6.10 Å². The van der Waals surface area contributed by atoms with Gasteiger partial charge in [0.05, 0.1) is 25.9 Å². The normalized spacial score (nSPS) is 14.2. The first kappa shape index (κ1) is 17.8. The summed E-state index contributed by atoms with van der Waals surface area (Å²) < 4.78 is 10.5. The predicted octanol–water partition coefficient (Wildman–Crippen LogP) is 1.67. The molecular formula is C14H31NO3. The molecule has 0 aromatic rings. The number of nitrogens with one attached hydrogen (secondary N) is 1. The number of hydrogen-bond acceptors (Lipinski definition) is 4. The maximum absolute atomic E-state index is 9.71. The Kier molecular flexibility index (Phi) is 9.64. The van der Waals surface area contributed by atoms with Crippen molar-refractivity contribution in [1.29, 1.82) is 0 Å². The standard InChI is InChI=1S/C14H31NO3/c1-6-17-7-8-18-10-13(16)9-15-11-14(4,5)12(2)3/h12-13,15-16H,6-11H2,1-5H3. The van der Waals surface area contributed by atoms with E-state index in [1.165, 1.54) is 0 Å². The lowest BCUT2D eigenvalue weighted by Crippen LogP contribution is -2.38. The first-order valence-corrected chi connectivity index (χ1v) is 6.94. The van der Waals surface area contributed by atoms with Gasteiger partial charge >= 0.3 is 0 Å². The minimum Gasteiger partial charge on any atom is -0.389 e. The van der Waals surface area contributed by atoms with Gasteiger partial charge < -0.3 is 19.9 Å². The average molecular weight is 261 g/mol. The van der Waals surface area contributed by atoms with Crippen molar-refractivity contribution in [2.75, 3.05) is 39.5 Å². The Balaban J connectivity index is 3.50. The quantitative estimate of drug-likeness (QED) is 0.556. The molecule has 0 saturated carbocycles. The topological polar surface area (TPSA) is 50.7 Å². The van der Waals surface area contributed by atoms with Gasteiger partial charge in [0.15, 0.2) is 0 Å². The summed E-state index contributed by atoms with van der Waals surface area (Å²) in [5, 5.41) is 13.0. The maximum atomic E-state index is 9.71. The van der Waals surface area contributed by atoms with Crippen molar-refractivity contribution in [2.24, 2.45) is 11.3 Å². The van der Waals surface area contributed by atoms with Crippen molar-refractivity contribution in [1.82, 2.24) is 5.32 Å². The summed E-state index contributed by atoms with van der Waals surface area (Å²) in [6, 6.07) is 0. The smallest absolute Gasteiger partial charge is 0.0897 e. The second kappa shape index (κ2) is 9.73. The molecule has 0 rings (SSSR count). The van der Waals surface area contributed by atoms with Crippen molar-refractivity contribution < 1.29 is 14.6 Å². The molecule has 0 spiro atoms. The highest BCUT2D eigenvalue weighted by Crippen LogP contribution is 2.24. The zero-order valence-corrected chi connectivity index (χ0v) is 12.7. The number of ether oxygens (including phenoxy) is 2. The van der Waals surface area contributed by atoms with E-state index in [9.17, 15) is 5.11 Å². The highest BCUT2D eigenvalue weighted by atomic mass is 16.5. The zero-order valence-electron chi connectivity index (χ0n) is 12.7. The van der Waals surface area contributed by atoms with Crippen LogP contribution in [-0.4, -0.2) is 50.7 Å². The van der Waals surface area contributed by atoms with Gasteiger partial charge in [-0.15, -0.1) is 0 Å². The number of aliphatic hydroxyl groups excluding tert-OH is 1. The van der Waals surface area contributed by atoms with Gasteiger partial charge in [0.25, 0.3) is 0 Å². The van der Waals surface area contributed by atoms with E-state index in [2.05, 4.69) is 33.0 Å². The highest BCUT2D eigenvalue weighted by Gasteiger charge is 2.21. The molecule has 0 aliphatic rings. The molecule has 4 nitrogen and oxygen atoms in total. The van der Waals surface area contributed by atoms with E-state index in [0.29, 0.717) is 38.9 Å². The van der Waals surface area contributed by atoms with Gasteiger partial charge in [-0.3, -0.25) is 0 Å².